The smallest absolute Gasteiger partial charge is 0.121 e. The SMILES string of the molecule is COc1ccc(/C(Br)=C/c2cccnc2Br)cc1C. The Balaban J connectivity index is 2.36. The summed E-state index contributed by atoms with van der Waals surface area (Å²) < 4.78 is 7.10. The van der Waals surface area contributed by atoms with Crippen molar-refractivity contribution >= 4 is 42.4 Å². The molecule has 98 valence electrons. The summed E-state index contributed by atoms with van der Waals surface area (Å²) in [6.07, 6.45) is 3.80. The molecule has 2 aromatic rings. The van der Waals surface area contributed by atoms with Gasteiger partial charge in [-0.2, -0.15) is 0 Å². The van der Waals surface area contributed by atoms with E-state index in [4.69, 9.17) is 4.74 Å². The molecule has 1 aromatic heterocycles. The van der Waals surface area contributed by atoms with Crippen molar-refractivity contribution in [3.8, 4) is 5.75 Å². The lowest BCUT2D eigenvalue weighted by Gasteiger charge is -2.07. The number of hydrogen-bond acceptors (Lipinski definition) is 2. The number of pyridine rings is 1. The van der Waals surface area contributed by atoms with Crippen LogP contribution in [0.15, 0.2) is 41.1 Å². The van der Waals surface area contributed by atoms with Gasteiger partial charge in [0, 0.05) is 16.2 Å². The summed E-state index contributed by atoms with van der Waals surface area (Å²) in [5, 5.41) is 0. The van der Waals surface area contributed by atoms with Crippen LogP contribution in [-0.2, 0) is 0 Å². The standard InChI is InChI=1S/C15H13Br2NO/c1-10-8-11(5-6-14(10)19-2)13(16)9-12-4-3-7-18-15(12)17/h3-9H,1-2H3/b13-9-. The minimum atomic E-state index is 0.831. The van der Waals surface area contributed by atoms with Crippen molar-refractivity contribution in [3.63, 3.8) is 0 Å². The normalized spacial score (nSPS) is 11.5. The highest BCUT2D eigenvalue weighted by Crippen LogP contribution is 2.29. The van der Waals surface area contributed by atoms with E-state index in [1.54, 1.807) is 13.3 Å². The molecule has 0 saturated heterocycles. The fourth-order valence-corrected chi connectivity index (χ4v) is 2.61. The maximum absolute atomic E-state index is 5.26. The van der Waals surface area contributed by atoms with Crippen LogP contribution in [-0.4, -0.2) is 12.1 Å². The number of hydrogen-bond donors (Lipinski definition) is 0. The second kappa shape index (κ2) is 6.35. The predicted molar refractivity (Wildman–Crippen MR) is 86.5 cm³/mol. The van der Waals surface area contributed by atoms with Crippen molar-refractivity contribution in [3.05, 3.63) is 57.8 Å². The average molecular weight is 383 g/mol. The van der Waals surface area contributed by atoms with Crippen molar-refractivity contribution in [1.29, 1.82) is 0 Å². The second-order valence-electron chi connectivity index (χ2n) is 4.06. The zero-order valence-electron chi connectivity index (χ0n) is 10.7. The highest BCUT2D eigenvalue weighted by molar-refractivity contribution is 9.15. The van der Waals surface area contributed by atoms with Gasteiger partial charge in [0.15, 0.2) is 0 Å². The number of nitrogens with zero attached hydrogens (tertiary/aromatic N) is 1. The van der Waals surface area contributed by atoms with Gasteiger partial charge in [-0.05, 0) is 58.3 Å². The zero-order valence-corrected chi connectivity index (χ0v) is 13.8. The Morgan fingerprint density at radius 3 is 2.74 bits per heavy atom. The highest BCUT2D eigenvalue weighted by atomic mass is 79.9. The van der Waals surface area contributed by atoms with Crippen LogP contribution in [0, 0.1) is 6.92 Å². The number of aromatic nitrogens is 1. The number of ether oxygens (including phenoxy) is 1. The van der Waals surface area contributed by atoms with Gasteiger partial charge >= 0.3 is 0 Å². The van der Waals surface area contributed by atoms with Gasteiger partial charge in [0.25, 0.3) is 0 Å². The lowest BCUT2D eigenvalue weighted by Crippen LogP contribution is -1.88. The third kappa shape index (κ3) is 3.45. The fraction of sp³-hybridized carbons (Fsp3) is 0.133. The summed E-state index contributed by atoms with van der Waals surface area (Å²) in [5.41, 5.74) is 3.24. The number of benzene rings is 1. The van der Waals surface area contributed by atoms with Gasteiger partial charge < -0.3 is 4.74 Å². The largest absolute Gasteiger partial charge is 0.496 e. The van der Waals surface area contributed by atoms with Crippen LogP contribution < -0.4 is 4.74 Å². The number of rotatable bonds is 3. The molecule has 0 spiro atoms. The van der Waals surface area contributed by atoms with E-state index in [9.17, 15) is 0 Å². The minimum absolute atomic E-state index is 0.831. The van der Waals surface area contributed by atoms with E-state index in [-0.39, 0.29) is 0 Å². The second-order valence-corrected chi connectivity index (χ2v) is 5.67. The van der Waals surface area contributed by atoms with E-state index in [1.807, 2.05) is 37.3 Å². The van der Waals surface area contributed by atoms with E-state index >= 15 is 0 Å². The molecule has 1 aromatic carbocycles. The quantitative estimate of drug-likeness (QED) is 0.692. The van der Waals surface area contributed by atoms with Gasteiger partial charge in [-0.3, -0.25) is 0 Å². The fourth-order valence-electron chi connectivity index (χ4n) is 1.75. The Hall–Kier alpha value is -1.13. The number of methoxy groups -OCH3 is 1. The molecular weight excluding hydrogens is 370 g/mol. The van der Waals surface area contributed by atoms with Crippen LogP contribution in [0.4, 0.5) is 0 Å². The molecular formula is C15H13Br2NO. The van der Waals surface area contributed by atoms with Crippen LogP contribution in [0.25, 0.3) is 10.6 Å². The highest BCUT2D eigenvalue weighted by Gasteiger charge is 2.04. The minimum Gasteiger partial charge on any atom is -0.496 e. The van der Waals surface area contributed by atoms with E-state index in [0.717, 1.165) is 31.5 Å². The monoisotopic (exact) mass is 381 g/mol. The summed E-state index contributed by atoms with van der Waals surface area (Å²) in [6.45, 7) is 2.03. The van der Waals surface area contributed by atoms with Gasteiger partial charge in [-0.15, -0.1) is 0 Å². The summed E-state index contributed by atoms with van der Waals surface area (Å²) in [5.74, 6) is 0.895. The molecule has 2 rings (SSSR count). The molecule has 0 radical (unpaired) electrons. The molecule has 0 N–H and O–H groups in total. The summed E-state index contributed by atoms with van der Waals surface area (Å²) in [7, 11) is 1.68. The van der Waals surface area contributed by atoms with Gasteiger partial charge in [-0.1, -0.05) is 28.1 Å². The molecule has 0 atom stereocenters. The van der Waals surface area contributed by atoms with Crippen molar-refractivity contribution in [2.45, 2.75) is 6.92 Å². The Morgan fingerprint density at radius 1 is 1.32 bits per heavy atom. The average Bonchev–Trinajstić information content (AvgIpc) is 2.41. The molecule has 0 aliphatic rings. The Morgan fingerprint density at radius 2 is 2.11 bits per heavy atom. The Bertz CT molecular complexity index is 623. The molecule has 2 nitrogen and oxygen atoms in total. The van der Waals surface area contributed by atoms with Crippen LogP contribution in [0.2, 0.25) is 0 Å². The molecule has 4 heteroatoms. The van der Waals surface area contributed by atoms with Crippen LogP contribution in [0.1, 0.15) is 16.7 Å². The third-order valence-corrected chi connectivity index (χ3v) is 4.09. The summed E-state index contributed by atoms with van der Waals surface area (Å²) >= 11 is 7.05. The van der Waals surface area contributed by atoms with Crippen LogP contribution in [0.5, 0.6) is 5.75 Å². The van der Waals surface area contributed by atoms with Crippen molar-refractivity contribution in [1.82, 2.24) is 4.98 Å². The topological polar surface area (TPSA) is 22.1 Å². The molecule has 0 amide bonds. The van der Waals surface area contributed by atoms with E-state index < -0.39 is 0 Å². The molecule has 0 aliphatic carbocycles. The maximum atomic E-state index is 5.26. The summed E-state index contributed by atoms with van der Waals surface area (Å²) in [6, 6.07) is 10.0. The molecule has 0 fully saturated rings. The van der Waals surface area contributed by atoms with Crippen molar-refractivity contribution in [2.75, 3.05) is 7.11 Å². The first-order chi connectivity index (χ1) is 9.11. The number of halogens is 2. The molecule has 0 saturated carbocycles. The van der Waals surface area contributed by atoms with E-state index in [2.05, 4.69) is 42.9 Å². The molecule has 0 unspecified atom stereocenters. The Labute approximate surface area is 129 Å². The molecule has 0 bridgehead atoms. The lowest BCUT2D eigenvalue weighted by atomic mass is 10.1. The zero-order chi connectivity index (χ0) is 13.8. The first-order valence-electron chi connectivity index (χ1n) is 5.74. The first-order valence-corrected chi connectivity index (χ1v) is 7.33. The number of aryl methyl sites for hydroxylation is 1. The van der Waals surface area contributed by atoms with Gasteiger partial charge in [-0.25, -0.2) is 4.98 Å². The maximum Gasteiger partial charge on any atom is 0.121 e. The molecule has 1 heterocycles. The van der Waals surface area contributed by atoms with Gasteiger partial charge in [0.05, 0.1) is 7.11 Å². The predicted octanol–water partition coefficient (Wildman–Crippen LogP) is 5.05. The van der Waals surface area contributed by atoms with Crippen molar-refractivity contribution < 1.29 is 4.74 Å². The lowest BCUT2D eigenvalue weighted by molar-refractivity contribution is 0.411. The van der Waals surface area contributed by atoms with Gasteiger partial charge in [0.2, 0.25) is 0 Å². The van der Waals surface area contributed by atoms with Crippen LogP contribution in [0.3, 0.4) is 0 Å². The summed E-state index contributed by atoms with van der Waals surface area (Å²) in [4.78, 5) is 4.20. The molecule has 0 aliphatic heterocycles. The Kier molecular flexibility index (Phi) is 4.77. The third-order valence-electron chi connectivity index (χ3n) is 2.74. The van der Waals surface area contributed by atoms with E-state index in [0.29, 0.717) is 0 Å². The van der Waals surface area contributed by atoms with Gasteiger partial charge in [0.1, 0.15) is 10.4 Å². The van der Waals surface area contributed by atoms with Crippen molar-refractivity contribution in [2.24, 2.45) is 0 Å². The first kappa shape index (κ1) is 14.3. The molecule has 19 heavy (non-hydrogen) atoms. The van der Waals surface area contributed by atoms with Crippen LogP contribution >= 0.6 is 31.9 Å². The van der Waals surface area contributed by atoms with E-state index in [1.165, 1.54) is 0 Å².